The summed E-state index contributed by atoms with van der Waals surface area (Å²) in [6.07, 6.45) is 6.24. The van der Waals surface area contributed by atoms with Crippen molar-refractivity contribution < 1.29 is 0 Å². The van der Waals surface area contributed by atoms with E-state index in [9.17, 15) is 0 Å². The monoisotopic (exact) mass is 274 g/mol. The highest BCUT2D eigenvalue weighted by Crippen LogP contribution is 2.21. The summed E-state index contributed by atoms with van der Waals surface area (Å²) in [6, 6.07) is 0.927. The zero-order valence-electron chi connectivity index (χ0n) is 12.4. The number of nitrogens with zero attached hydrogens (tertiary/aromatic N) is 5. The number of hydrogen-bond donors (Lipinski definition) is 1. The van der Waals surface area contributed by atoms with E-state index in [1.54, 1.807) is 0 Å². The summed E-state index contributed by atoms with van der Waals surface area (Å²) in [4.78, 5) is 6.88. The van der Waals surface area contributed by atoms with Gasteiger partial charge in [-0.3, -0.25) is 4.40 Å². The summed E-state index contributed by atoms with van der Waals surface area (Å²) < 4.78 is 2.00. The van der Waals surface area contributed by atoms with Crippen LogP contribution < -0.4 is 10.2 Å². The molecular weight excluding hydrogens is 252 g/mol. The fourth-order valence-electron chi connectivity index (χ4n) is 2.82. The average Bonchev–Trinajstić information content (AvgIpc) is 3.06. The molecule has 0 aromatic carbocycles. The van der Waals surface area contributed by atoms with E-state index in [1.165, 1.54) is 12.8 Å². The van der Waals surface area contributed by atoms with E-state index in [0.717, 1.165) is 30.4 Å². The lowest BCUT2D eigenvalue weighted by Crippen LogP contribution is -2.42. The van der Waals surface area contributed by atoms with Crippen LogP contribution in [0.1, 0.15) is 32.5 Å². The predicted molar refractivity (Wildman–Crippen MR) is 79.0 cm³/mol. The molecule has 0 radical (unpaired) electrons. The van der Waals surface area contributed by atoms with Crippen LogP contribution in [0.3, 0.4) is 0 Å². The van der Waals surface area contributed by atoms with E-state index in [0.29, 0.717) is 12.1 Å². The quantitative estimate of drug-likeness (QED) is 0.913. The van der Waals surface area contributed by atoms with Crippen molar-refractivity contribution in [3.8, 4) is 0 Å². The summed E-state index contributed by atoms with van der Waals surface area (Å²) in [5, 5.41) is 12.0. The largest absolute Gasteiger partial charge is 0.349 e. The van der Waals surface area contributed by atoms with Gasteiger partial charge in [-0.2, -0.15) is 0 Å². The van der Waals surface area contributed by atoms with Crippen LogP contribution in [0.25, 0.3) is 5.65 Å². The summed E-state index contributed by atoms with van der Waals surface area (Å²) in [5.74, 6) is 1.82. The van der Waals surface area contributed by atoms with Crippen LogP contribution in [-0.2, 0) is 0 Å². The Morgan fingerprint density at radius 2 is 2.30 bits per heavy atom. The van der Waals surface area contributed by atoms with Gasteiger partial charge in [0.2, 0.25) is 5.65 Å². The molecule has 3 rings (SSSR count). The van der Waals surface area contributed by atoms with Crippen LogP contribution in [-0.4, -0.2) is 44.8 Å². The van der Waals surface area contributed by atoms with Crippen LogP contribution in [0.15, 0.2) is 12.4 Å². The smallest absolute Gasteiger partial charge is 0.203 e. The predicted octanol–water partition coefficient (Wildman–Crippen LogP) is 1.40. The van der Waals surface area contributed by atoms with E-state index in [4.69, 9.17) is 0 Å². The molecule has 1 unspecified atom stereocenters. The van der Waals surface area contributed by atoms with Crippen molar-refractivity contribution in [1.82, 2.24) is 24.9 Å². The van der Waals surface area contributed by atoms with Crippen LogP contribution >= 0.6 is 0 Å². The Morgan fingerprint density at radius 1 is 1.45 bits per heavy atom. The van der Waals surface area contributed by atoms with Gasteiger partial charge in [0.25, 0.3) is 0 Å². The van der Waals surface area contributed by atoms with Gasteiger partial charge in [0, 0.05) is 31.0 Å². The Kier molecular flexibility index (Phi) is 3.56. The second-order valence-electron chi connectivity index (χ2n) is 5.73. The van der Waals surface area contributed by atoms with Gasteiger partial charge in [-0.05, 0) is 40.2 Å². The Morgan fingerprint density at radius 3 is 3.00 bits per heavy atom. The first-order valence-electron chi connectivity index (χ1n) is 7.33. The fourth-order valence-corrected chi connectivity index (χ4v) is 2.82. The molecule has 0 saturated carbocycles. The molecule has 1 aliphatic rings. The highest BCUT2D eigenvalue weighted by Gasteiger charge is 2.23. The van der Waals surface area contributed by atoms with Crippen molar-refractivity contribution in [3.05, 3.63) is 18.2 Å². The molecule has 6 nitrogen and oxygen atoms in total. The van der Waals surface area contributed by atoms with E-state index < -0.39 is 0 Å². The molecule has 108 valence electrons. The molecule has 1 saturated heterocycles. The van der Waals surface area contributed by atoms with Crippen molar-refractivity contribution in [2.45, 2.75) is 45.7 Å². The zero-order chi connectivity index (χ0) is 14.1. The Balaban J connectivity index is 1.96. The molecule has 0 spiro atoms. The Bertz CT molecular complexity index is 584. The van der Waals surface area contributed by atoms with Crippen molar-refractivity contribution >= 4 is 11.5 Å². The first kappa shape index (κ1) is 13.3. The molecule has 1 atom stereocenters. The maximum Gasteiger partial charge on any atom is 0.203 e. The van der Waals surface area contributed by atoms with Gasteiger partial charge >= 0.3 is 0 Å². The van der Waals surface area contributed by atoms with Crippen LogP contribution in [0.4, 0.5) is 5.82 Å². The van der Waals surface area contributed by atoms with E-state index in [-0.39, 0.29) is 0 Å². The van der Waals surface area contributed by atoms with E-state index >= 15 is 0 Å². The van der Waals surface area contributed by atoms with Crippen molar-refractivity contribution in [2.75, 3.05) is 18.0 Å². The summed E-state index contributed by atoms with van der Waals surface area (Å²) in [6.45, 7) is 8.45. The molecule has 2 aromatic rings. The number of fused-ring (bicyclic) bond motifs is 1. The second-order valence-corrected chi connectivity index (χ2v) is 5.73. The summed E-state index contributed by atoms with van der Waals surface area (Å²) in [7, 11) is 0. The number of nitrogens with one attached hydrogen (secondary N) is 1. The number of anilines is 1. The third kappa shape index (κ3) is 2.35. The first-order chi connectivity index (χ1) is 9.66. The standard InChI is InChI=1S/C14H22N6/c1-10(2)20(9-12-5-4-6-15-12)13-14-18-17-11(3)19(14)8-7-16-13/h7-8,10,12,15H,4-6,9H2,1-3H3. The molecule has 1 fully saturated rings. The van der Waals surface area contributed by atoms with Crippen molar-refractivity contribution in [2.24, 2.45) is 0 Å². The number of hydrogen-bond acceptors (Lipinski definition) is 5. The third-order valence-electron chi connectivity index (χ3n) is 3.95. The lowest BCUT2D eigenvalue weighted by atomic mass is 10.2. The lowest BCUT2D eigenvalue weighted by Gasteiger charge is -2.30. The van der Waals surface area contributed by atoms with Crippen LogP contribution in [0.2, 0.25) is 0 Å². The molecule has 0 amide bonds. The number of rotatable bonds is 4. The van der Waals surface area contributed by atoms with Crippen LogP contribution in [0, 0.1) is 6.92 Å². The van der Waals surface area contributed by atoms with Gasteiger partial charge in [0.1, 0.15) is 5.82 Å². The average molecular weight is 274 g/mol. The Labute approximate surface area is 119 Å². The molecule has 0 bridgehead atoms. The SMILES string of the molecule is Cc1nnc2c(N(CC3CCCN3)C(C)C)nccn12. The summed E-state index contributed by atoms with van der Waals surface area (Å²) >= 11 is 0. The zero-order valence-corrected chi connectivity index (χ0v) is 12.4. The van der Waals surface area contributed by atoms with Crippen molar-refractivity contribution in [1.29, 1.82) is 0 Å². The normalized spacial score (nSPS) is 19.1. The van der Waals surface area contributed by atoms with Gasteiger partial charge in [0.05, 0.1) is 0 Å². The third-order valence-corrected chi connectivity index (χ3v) is 3.95. The summed E-state index contributed by atoms with van der Waals surface area (Å²) in [5.41, 5.74) is 0.844. The molecule has 2 aromatic heterocycles. The van der Waals surface area contributed by atoms with E-state index in [1.807, 2.05) is 23.7 Å². The Hall–Kier alpha value is -1.69. The molecule has 1 N–H and O–H groups in total. The van der Waals surface area contributed by atoms with Gasteiger partial charge in [-0.25, -0.2) is 4.98 Å². The fraction of sp³-hybridized carbons (Fsp3) is 0.643. The molecule has 6 heteroatoms. The minimum atomic E-state index is 0.383. The minimum absolute atomic E-state index is 0.383. The van der Waals surface area contributed by atoms with Crippen LogP contribution in [0.5, 0.6) is 0 Å². The lowest BCUT2D eigenvalue weighted by molar-refractivity contribution is 0.549. The van der Waals surface area contributed by atoms with Crippen molar-refractivity contribution in [3.63, 3.8) is 0 Å². The highest BCUT2D eigenvalue weighted by atomic mass is 15.3. The maximum absolute atomic E-state index is 4.56. The topological polar surface area (TPSA) is 58.4 Å². The molecule has 3 heterocycles. The molecule has 1 aliphatic heterocycles. The van der Waals surface area contributed by atoms with Gasteiger partial charge in [-0.1, -0.05) is 0 Å². The number of aryl methyl sites for hydroxylation is 1. The molecule has 0 aliphatic carbocycles. The second kappa shape index (κ2) is 5.36. The van der Waals surface area contributed by atoms with Gasteiger partial charge < -0.3 is 10.2 Å². The molecular formula is C14H22N6. The first-order valence-corrected chi connectivity index (χ1v) is 7.33. The van der Waals surface area contributed by atoms with Gasteiger partial charge in [0.15, 0.2) is 5.82 Å². The maximum atomic E-state index is 4.56. The van der Waals surface area contributed by atoms with E-state index in [2.05, 4.69) is 39.2 Å². The van der Waals surface area contributed by atoms with Gasteiger partial charge in [-0.15, -0.1) is 10.2 Å². The number of aromatic nitrogens is 4. The molecule has 20 heavy (non-hydrogen) atoms. The minimum Gasteiger partial charge on any atom is -0.349 e. The highest BCUT2D eigenvalue weighted by molar-refractivity contribution is 5.64.